The Balaban J connectivity index is 1.38. The number of aliphatic hydroxyl groups is 1. The van der Waals surface area contributed by atoms with Crippen LogP contribution in [0.5, 0.6) is 0 Å². The van der Waals surface area contributed by atoms with E-state index in [0.717, 1.165) is 24.1 Å². The maximum absolute atomic E-state index is 13.6. The minimum atomic E-state index is -0.932. The fourth-order valence-electron chi connectivity index (χ4n) is 5.34. The topological polar surface area (TPSA) is 116 Å². The predicted molar refractivity (Wildman–Crippen MR) is 136 cm³/mol. The van der Waals surface area contributed by atoms with Gasteiger partial charge in [-0.2, -0.15) is 4.98 Å². The van der Waals surface area contributed by atoms with E-state index in [1.165, 1.54) is 23.7 Å². The van der Waals surface area contributed by atoms with Crippen LogP contribution in [0.15, 0.2) is 46.5 Å². The highest BCUT2D eigenvalue weighted by Gasteiger charge is 2.49. The van der Waals surface area contributed by atoms with Crippen molar-refractivity contribution in [1.82, 2.24) is 23.9 Å². The van der Waals surface area contributed by atoms with E-state index in [9.17, 15) is 9.90 Å². The smallest absolute Gasteiger partial charge is 0.287 e. The second-order valence-corrected chi connectivity index (χ2v) is 11.4. The number of nitrogens with zero attached hydrogens (tertiary/aromatic N) is 4. The van der Waals surface area contributed by atoms with Crippen LogP contribution in [0.4, 0.5) is 0 Å². The summed E-state index contributed by atoms with van der Waals surface area (Å²) in [7, 11) is -0.132. The summed E-state index contributed by atoms with van der Waals surface area (Å²) < 4.78 is 20.7. The molecule has 4 aromatic rings. The van der Waals surface area contributed by atoms with E-state index < -0.39 is 24.5 Å². The Labute approximate surface area is 212 Å². The molecule has 10 nitrogen and oxygen atoms in total. The fourth-order valence-corrected chi connectivity index (χ4v) is 7.35. The van der Waals surface area contributed by atoms with Gasteiger partial charge in [-0.25, -0.2) is 9.38 Å². The maximum atomic E-state index is 13.6. The number of aromatic amines is 1. The van der Waals surface area contributed by atoms with Crippen LogP contribution >= 0.6 is 20.8 Å². The van der Waals surface area contributed by atoms with E-state index in [-0.39, 0.29) is 20.1 Å². The van der Waals surface area contributed by atoms with Crippen LogP contribution in [0.3, 0.4) is 0 Å². The lowest BCUT2D eigenvalue weighted by atomic mass is 10.0. The quantitative estimate of drug-likeness (QED) is 0.387. The van der Waals surface area contributed by atoms with E-state index in [1.807, 2.05) is 30.3 Å². The maximum Gasteiger partial charge on any atom is 0.287 e. The molecule has 12 heteroatoms. The molecule has 5 unspecified atom stereocenters. The summed E-state index contributed by atoms with van der Waals surface area (Å²) in [4.78, 5) is 26.5. The number of benzene rings is 1. The lowest BCUT2D eigenvalue weighted by Crippen LogP contribution is -2.37. The first kappa shape index (κ1) is 22.9. The zero-order chi connectivity index (χ0) is 24.2. The second kappa shape index (κ2) is 9.24. The van der Waals surface area contributed by atoms with Crippen molar-refractivity contribution in [3.8, 4) is 11.3 Å². The molecule has 188 valence electrons. The number of ether oxygens (including phenoxy) is 1. The Morgan fingerprint density at radius 3 is 2.78 bits per heavy atom. The van der Waals surface area contributed by atoms with Gasteiger partial charge in [-0.15, -0.1) is 0 Å². The largest absolute Gasteiger partial charge is 0.386 e. The predicted octanol–water partition coefficient (Wildman–Crippen LogP) is 3.65. The molecule has 0 bridgehead atoms. The van der Waals surface area contributed by atoms with Gasteiger partial charge in [-0.05, 0) is 18.4 Å². The summed E-state index contributed by atoms with van der Waals surface area (Å²) in [5, 5.41) is 12.2. The first-order valence-electron chi connectivity index (χ1n) is 12.3. The Bertz CT molecular complexity index is 1470. The van der Waals surface area contributed by atoms with Gasteiger partial charge in [0, 0.05) is 11.4 Å². The van der Waals surface area contributed by atoms with Gasteiger partial charge in [0.1, 0.15) is 18.3 Å². The van der Waals surface area contributed by atoms with Crippen LogP contribution < -0.4 is 5.56 Å². The number of aromatic nitrogens is 5. The van der Waals surface area contributed by atoms with E-state index in [0.29, 0.717) is 28.4 Å². The average Bonchev–Trinajstić information content (AvgIpc) is 3.59. The van der Waals surface area contributed by atoms with E-state index in [4.69, 9.17) is 23.8 Å². The van der Waals surface area contributed by atoms with Crippen molar-refractivity contribution in [2.75, 3.05) is 6.61 Å². The van der Waals surface area contributed by atoms with Gasteiger partial charge in [-0.1, -0.05) is 61.4 Å². The minimum absolute atomic E-state index is 0.132. The Morgan fingerprint density at radius 1 is 1.14 bits per heavy atom. The SMILES string of the molecule is O=c1c2nc(SC3CCCCC3)n(C3OC4COPOC4C3O)c2nc2[nH]c(-c3ccccc3)cn12. The summed E-state index contributed by atoms with van der Waals surface area (Å²) >= 11 is 1.65. The molecule has 2 saturated heterocycles. The Kier molecular flexibility index (Phi) is 5.87. The third-order valence-corrected chi connectivity index (χ3v) is 9.14. The molecular formula is C24H26N5O5PS. The summed E-state index contributed by atoms with van der Waals surface area (Å²) in [6, 6.07) is 9.79. The summed E-state index contributed by atoms with van der Waals surface area (Å²) in [5.74, 6) is 0.410. The Hall–Kier alpha value is -2.27. The van der Waals surface area contributed by atoms with Crippen molar-refractivity contribution < 1.29 is 18.9 Å². The Morgan fingerprint density at radius 2 is 1.97 bits per heavy atom. The number of nitrogens with one attached hydrogen (secondary N) is 1. The summed E-state index contributed by atoms with van der Waals surface area (Å²) in [6.07, 6.45) is 4.97. The highest BCUT2D eigenvalue weighted by molar-refractivity contribution is 7.99. The van der Waals surface area contributed by atoms with Crippen LogP contribution in [0.25, 0.3) is 28.2 Å². The van der Waals surface area contributed by atoms with Crippen molar-refractivity contribution in [1.29, 1.82) is 0 Å². The molecule has 2 N–H and O–H groups in total. The van der Waals surface area contributed by atoms with Crippen molar-refractivity contribution in [2.45, 2.75) is 67.1 Å². The number of aliphatic hydroxyl groups excluding tert-OH is 1. The standard InChI is InChI=1S/C24H26N5O5PS/c30-18-19-16(12-32-35-34-19)33-22(18)29-20-17(26-24(29)36-14-9-5-2-6-10-14)21(31)28-11-15(25-23(28)27-20)13-7-3-1-4-8-13/h1,3-4,7-8,11,14,16,18-19,22,30,35H,2,5-6,9-10,12H2,(H,25,27). The number of H-pyrrole nitrogens is 1. The molecule has 5 heterocycles. The highest BCUT2D eigenvalue weighted by Crippen LogP contribution is 2.43. The van der Waals surface area contributed by atoms with Crippen molar-refractivity contribution in [3.63, 3.8) is 0 Å². The first-order valence-corrected chi connectivity index (χ1v) is 14.0. The number of hydrogen-bond acceptors (Lipinski definition) is 8. The lowest BCUT2D eigenvalue weighted by Gasteiger charge is -2.24. The molecular weight excluding hydrogens is 501 g/mol. The van der Waals surface area contributed by atoms with Gasteiger partial charge in [0.2, 0.25) is 5.78 Å². The van der Waals surface area contributed by atoms with Gasteiger partial charge < -0.3 is 23.9 Å². The summed E-state index contributed by atoms with van der Waals surface area (Å²) in [6.45, 7) is 0.353. The molecule has 3 aliphatic rings. The molecule has 2 aliphatic heterocycles. The van der Waals surface area contributed by atoms with Crippen LogP contribution in [-0.4, -0.2) is 59.2 Å². The third kappa shape index (κ3) is 3.81. The number of rotatable bonds is 4. The average molecular weight is 528 g/mol. The van der Waals surface area contributed by atoms with Crippen molar-refractivity contribution in [3.05, 3.63) is 46.9 Å². The van der Waals surface area contributed by atoms with E-state index in [1.54, 1.807) is 22.5 Å². The first-order chi connectivity index (χ1) is 17.7. The number of hydrogen-bond donors (Lipinski definition) is 2. The molecule has 1 saturated carbocycles. The van der Waals surface area contributed by atoms with Crippen molar-refractivity contribution >= 4 is 37.7 Å². The molecule has 0 radical (unpaired) electrons. The van der Waals surface area contributed by atoms with Crippen LogP contribution in [0.1, 0.15) is 38.3 Å². The fraction of sp³-hybridized carbons (Fsp3) is 0.458. The highest BCUT2D eigenvalue weighted by atomic mass is 32.2. The van der Waals surface area contributed by atoms with E-state index >= 15 is 0 Å². The molecule has 1 aliphatic carbocycles. The van der Waals surface area contributed by atoms with Gasteiger partial charge in [0.05, 0.1) is 12.3 Å². The van der Waals surface area contributed by atoms with Crippen molar-refractivity contribution in [2.24, 2.45) is 0 Å². The van der Waals surface area contributed by atoms with Gasteiger partial charge >= 0.3 is 0 Å². The molecule has 0 spiro atoms. The second-order valence-electron chi connectivity index (χ2n) is 9.49. The van der Waals surface area contributed by atoms with Gasteiger partial charge in [0.15, 0.2) is 31.6 Å². The normalized spacial score (nSPS) is 27.8. The van der Waals surface area contributed by atoms with E-state index in [2.05, 4.69) is 4.98 Å². The molecule has 1 aromatic carbocycles. The molecule has 7 rings (SSSR count). The zero-order valence-electron chi connectivity index (χ0n) is 19.4. The van der Waals surface area contributed by atoms with Crippen LogP contribution in [-0.2, 0) is 13.8 Å². The lowest BCUT2D eigenvalue weighted by molar-refractivity contribution is -0.0554. The molecule has 5 atom stereocenters. The zero-order valence-corrected chi connectivity index (χ0v) is 21.2. The molecule has 3 fully saturated rings. The molecule has 3 aromatic heterocycles. The van der Waals surface area contributed by atoms with Crippen LogP contribution in [0.2, 0.25) is 0 Å². The van der Waals surface area contributed by atoms with Crippen LogP contribution in [0, 0.1) is 0 Å². The summed E-state index contributed by atoms with van der Waals surface area (Å²) in [5.41, 5.74) is 2.13. The van der Waals surface area contributed by atoms with Gasteiger partial charge in [0.25, 0.3) is 5.56 Å². The molecule has 0 amide bonds. The third-order valence-electron chi connectivity index (χ3n) is 7.18. The molecule has 36 heavy (non-hydrogen) atoms. The number of fused-ring (bicyclic) bond motifs is 3. The number of imidazole rings is 2. The monoisotopic (exact) mass is 527 g/mol. The van der Waals surface area contributed by atoms with Gasteiger partial charge in [-0.3, -0.25) is 9.36 Å². The minimum Gasteiger partial charge on any atom is -0.386 e. The number of thioether (sulfide) groups is 1.